The van der Waals surface area contributed by atoms with Crippen molar-refractivity contribution in [1.82, 2.24) is 0 Å². The van der Waals surface area contributed by atoms with Gasteiger partial charge in [0.1, 0.15) is 0 Å². The topological polar surface area (TPSA) is 52.3 Å². The number of thioether (sulfide) groups is 1. The van der Waals surface area contributed by atoms with Gasteiger partial charge in [-0.05, 0) is 31.0 Å². The molecule has 0 spiro atoms. The normalized spacial score (nSPS) is 11.4. The highest BCUT2D eigenvalue weighted by molar-refractivity contribution is 7.99. The second kappa shape index (κ2) is 7.11. The second-order valence-electron chi connectivity index (χ2n) is 3.86. The van der Waals surface area contributed by atoms with Crippen molar-refractivity contribution in [3.05, 3.63) is 35.4 Å². The molecule has 1 aromatic rings. The van der Waals surface area contributed by atoms with Crippen LogP contribution in [0, 0.1) is 6.92 Å². The Morgan fingerprint density at radius 1 is 1.50 bits per heavy atom. The van der Waals surface area contributed by atoms with E-state index in [0.29, 0.717) is 12.0 Å². The predicted octanol–water partition coefficient (Wildman–Crippen LogP) is 3.18. The summed E-state index contributed by atoms with van der Waals surface area (Å²) in [6.07, 6.45) is 2.60. The molecular formula is C14H19NO2S. The van der Waals surface area contributed by atoms with Crippen molar-refractivity contribution in [2.75, 3.05) is 18.6 Å². The van der Waals surface area contributed by atoms with Gasteiger partial charge < -0.3 is 10.5 Å². The van der Waals surface area contributed by atoms with E-state index in [1.165, 1.54) is 7.11 Å². The summed E-state index contributed by atoms with van der Waals surface area (Å²) in [5.41, 5.74) is 8.45. The molecule has 0 unspecified atom stereocenters. The number of methoxy groups -OCH3 is 1. The zero-order chi connectivity index (χ0) is 13.5. The molecule has 0 aliphatic rings. The lowest BCUT2D eigenvalue weighted by atomic mass is 10.2. The number of anilines is 1. The predicted molar refractivity (Wildman–Crippen MR) is 76.7 cm³/mol. The minimum atomic E-state index is -0.248. The highest BCUT2D eigenvalue weighted by atomic mass is 32.2. The van der Waals surface area contributed by atoms with E-state index < -0.39 is 0 Å². The van der Waals surface area contributed by atoms with Crippen LogP contribution in [-0.2, 0) is 9.53 Å². The maximum Gasteiger partial charge on any atom is 0.333 e. The minimum Gasteiger partial charge on any atom is -0.466 e. The first-order valence-electron chi connectivity index (χ1n) is 5.85. The van der Waals surface area contributed by atoms with Crippen LogP contribution in [0.15, 0.2) is 34.7 Å². The van der Waals surface area contributed by atoms with E-state index in [2.05, 4.69) is 0 Å². The Balaban J connectivity index is 2.68. The van der Waals surface area contributed by atoms with E-state index in [1.54, 1.807) is 11.8 Å². The molecule has 0 saturated carbocycles. The van der Waals surface area contributed by atoms with Gasteiger partial charge in [0, 0.05) is 21.9 Å². The van der Waals surface area contributed by atoms with Crippen LogP contribution in [0.5, 0.6) is 0 Å². The number of rotatable bonds is 5. The Labute approximate surface area is 112 Å². The summed E-state index contributed by atoms with van der Waals surface area (Å²) in [7, 11) is 1.40. The van der Waals surface area contributed by atoms with E-state index in [0.717, 1.165) is 21.9 Å². The van der Waals surface area contributed by atoms with Gasteiger partial charge in [-0.3, -0.25) is 0 Å². The monoisotopic (exact) mass is 265 g/mol. The van der Waals surface area contributed by atoms with Gasteiger partial charge >= 0.3 is 5.97 Å². The zero-order valence-electron chi connectivity index (χ0n) is 11.0. The van der Waals surface area contributed by atoms with Gasteiger partial charge in [-0.2, -0.15) is 0 Å². The smallest absolute Gasteiger partial charge is 0.333 e. The first-order chi connectivity index (χ1) is 8.60. The molecule has 2 N–H and O–H groups in total. The molecule has 0 amide bonds. The summed E-state index contributed by atoms with van der Waals surface area (Å²) >= 11 is 1.67. The summed E-state index contributed by atoms with van der Waals surface area (Å²) in [6.45, 7) is 3.95. The third-order valence-electron chi connectivity index (χ3n) is 2.72. The molecule has 0 saturated heterocycles. The SMILES string of the molecule is CCC(=CCSc1cccc(N)c1C)C(=O)OC. The van der Waals surface area contributed by atoms with E-state index in [-0.39, 0.29) is 5.97 Å². The lowest BCUT2D eigenvalue weighted by molar-refractivity contribution is -0.136. The number of hydrogen-bond acceptors (Lipinski definition) is 4. The molecule has 0 aliphatic carbocycles. The van der Waals surface area contributed by atoms with E-state index in [9.17, 15) is 4.79 Å². The highest BCUT2D eigenvalue weighted by Crippen LogP contribution is 2.26. The number of ether oxygens (including phenoxy) is 1. The number of nitrogen functional groups attached to an aromatic ring is 1. The number of benzene rings is 1. The Morgan fingerprint density at radius 3 is 2.83 bits per heavy atom. The molecule has 0 bridgehead atoms. The van der Waals surface area contributed by atoms with Crippen LogP contribution >= 0.6 is 11.8 Å². The van der Waals surface area contributed by atoms with Crippen molar-refractivity contribution >= 4 is 23.4 Å². The first kappa shape index (κ1) is 14.6. The van der Waals surface area contributed by atoms with Gasteiger partial charge in [-0.25, -0.2) is 4.79 Å². The van der Waals surface area contributed by atoms with Crippen LogP contribution in [0.3, 0.4) is 0 Å². The van der Waals surface area contributed by atoms with Gasteiger partial charge in [0.2, 0.25) is 0 Å². The van der Waals surface area contributed by atoms with Crippen molar-refractivity contribution in [3.63, 3.8) is 0 Å². The van der Waals surface area contributed by atoms with Crippen LogP contribution in [0.25, 0.3) is 0 Å². The zero-order valence-corrected chi connectivity index (χ0v) is 11.8. The number of carbonyl (C=O) groups is 1. The molecule has 0 aromatic heterocycles. The van der Waals surface area contributed by atoms with E-state index in [4.69, 9.17) is 10.5 Å². The fourth-order valence-electron chi connectivity index (χ4n) is 1.52. The molecule has 18 heavy (non-hydrogen) atoms. The molecule has 4 heteroatoms. The third-order valence-corrected chi connectivity index (χ3v) is 3.81. The number of nitrogens with two attached hydrogens (primary N) is 1. The lowest BCUT2D eigenvalue weighted by Gasteiger charge is -2.07. The molecular weight excluding hydrogens is 246 g/mol. The van der Waals surface area contributed by atoms with Crippen LogP contribution in [0.1, 0.15) is 18.9 Å². The molecule has 1 aromatic carbocycles. The largest absolute Gasteiger partial charge is 0.466 e. The Morgan fingerprint density at radius 2 is 2.22 bits per heavy atom. The number of carbonyl (C=O) groups excluding carboxylic acids is 1. The fourth-order valence-corrected chi connectivity index (χ4v) is 2.50. The van der Waals surface area contributed by atoms with Crippen molar-refractivity contribution in [2.45, 2.75) is 25.2 Å². The van der Waals surface area contributed by atoms with Gasteiger partial charge in [0.25, 0.3) is 0 Å². The number of esters is 1. The van der Waals surface area contributed by atoms with Crippen LogP contribution in [0.2, 0.25) is 0 Å². The molecule has 98 valence electrons. The molecule has 0 fully saturated rings. The maximum absolute atomic E-state index is 11.4. The Hall–Kier alpha value is -1.42. The highest BCUT2D eigenvalue weighted by Gasteiger charge is 2.06. The van der Waals surface area contributed by atoms with Crippen molar-refractivity contribution in [3.8, 4) is 0 Å². The van der Waals surface area contributed by atoms with Crippen molar-refractivity contribution in [1.29, 1.82) is 0 Å². The van der Waals surface area contributed by atoms with Crippen molar-refractivity contribution in [2.24, 2.45) is 0 Å². The Kier molecular flexibility index (Phi) is 5.78. The second-order valence-corrected chi connectivity index (χ2v) is 4.92. The molecule has 3 nitrogen and oxygen atoms in total. The van der Waals surface area contributed by atoms with E-state index in [1.807, 2.05) is 38.1 Å². The average Bonchev–Trinajstić information content (AvgIpc) is 2.38. The molecule has 0 heterocycles. The summed E-state index contributed by atoms with van der Waals surface area (Å²) in [4.78, 5) is 12.5. The van der Waals surface area contributed by atoms with Crippen molar-refractivity contribution < 1.29 is 9.53 Å². The van der Waals surface area contributed by atoms with E-state index >= 15 is 0 Å². The molecule has 0 atom stereocenters. The standard InChI is InChI=1S/C14H19NO2S/c1-4-11(14(16)17-3)8-9-18-13-7-5-6-12(15)10(13)2/h5-8H,4,9,15H2,1-3H3. The lowest BCUT2D eigenvalue weighted by Crippen LogP contribution is -2.04. The maximum atomic E-state index is 11.4. The summed E-state index contributed by atoms with van der Waals surface area (Å²) in [5, 5.41) is 0. The minimum absolute atomic E-state index is 0.248. The van der Waals surface area contributed by atoms with Crippen LogP contribution in [-0.4, -0.2) is 18.8 Å². The van der Waals surface area contributed by atoms with Crippen LogP contribution in [0.4, 0.5) is 5.69 Å². The third kappa shape index (κ3) is 3.81. The molecule has 1 rings (SSSR count). The summed E-state index contributed by atoms with van der Waals surface area (Å²) in [6, 6.07) is 5.87. The fraction of sp³-hybridized carbons (Fsp3) is 0.357. The summed E-state index contributed by atoms with van der Waals surface area (Å²) in [5.74, 6) is 0.491. The average molecular weight is 265 g/mol. The number of hydrogen-bond donors (Lipinski definition) is 1. The van der Waals surface area contributed by atoms with Gasteiger partial charge in [0.15, 0.2) is 0 Å². The summed E-state index contributed by atoms with van der Waals surface area (Å²) < 4.78 is 4.71. The first-order valence-corrected chi connectivity index (χ1v) is 6.84. The van der Waals surface area contributed by atoms with Gasteiger partial charge in [-0.15, -0.1) is 11.8 Å². The Bertz CT molecular complexity index is 455. The molecule has 0 radical (unpaired) electrons. The van der Waals surface area contributed by atoms with Gasteiger partial charge in [-0.1, -0.05) is 19.1 Å². The van der Waals surface area contributed by atoms with Gasteiger partial charge in [0.05, 0.1) is 7.11 Å². The molecule has 0 aliphatic heterocycles. The quantitative estimate of drug-likeness (QED) is 0.384. The van der Waals surface area contributed by atoms with Crippen LogP contribution < -0.4 is 5.73 Å².